The van der Waals surface area contributed by atoms with E-state index in [-0.39, 0.29) is 11.7 Å². The van der Waals surface area contributed by atoms with Gasteiger partial charge in [0, 0.05) is 5.69 Å². The molecule has 0 bridgehead atoms. The van der Waals surface area contributed by atoms with Crippen molar-refractivity contribution in [1.82, 2.24) is 0 Å². The molecule has 0 aliphatic carbocycles. The number of rotatable bonds is 3. The second kappa shape index (κ2) is 5.75. The number of carbonyl (C=O) groups excluding carboxylic acids is 1. The molecular formula is C12H16FN2O2+. The van der Waals surface area contributed by atoms with Gasteiger partial charge >= 0.3 is 0 Å². The lowest BCUT2D eigenvalue weighted by molar-refractivity contribution is -0.899. The Morgan fingerprint density at radius 1 is 1.41 bits per heavy atom. The standard InChI is InChI=1S/C12H15FN2O2/c13-10-2-1-3-11(8-10)14-12(16)9-15-4-6-17-7-5-15/h1-3,8H,4-7,9H2,(H,14,16)/p+1. The van der Waals surface area contributed by atoms with Crippen LogP contribution in [-0.2, 0) is 9.53 Å². The number of morpholine rings is 1. The molecule has 0 atom stereocenters. The summed E-state index contributed by atoms with van der Waals surface area (Å²) in [7, 11) is 0. The van der Waals surface area contributed by atoms with Crippen molar-refractivity contribution in [3.63, 3.8) is 0 Å². The van der Waals surface area contributed by atoms with Gasteiger partial charge in [0.15, 0.2) is 6.54 Å². The van der Waals surface area contributed by atoms with Crippen molar-refractivity contribution in [2.45, 2.75) is 0 Å². The van der Waals surface area contributed by atoms with Gasteiger partial charge in [0.1, 0.15) is 18.9 Å². The van der Waals surface area contributed by atoms with E-state index >= 15 is 0 Å². The third-order valence-corrected chi connectivity index (χ3v) is 2.72. The predicted molar refractivity (Wildman–Crippen MR) is 61.4 cm³/mol. The molecule has 1 amide bonds. The summed E-state index contributed by atoms with van der Waals surface area (Å²) < 4.78 is 18.1. The zero-order chi connectivity index (χ0) is 12.1. The van der Waals surface area contributed by atoms with Crippen LogP contribution in [0.1, 0.15) is 0 Å². The minimum Gasteiger partial charge on any atom is -0.370 e. The highest BCUT2D eigenvalue weighted by Gasteiger charge is 2.17. The van der Waals surface area contributed by atoms with Crippen molar-refractivity contribution in [3.05, 3.63) is 30.1 Å². The molecule has 92 valence electrons. The lowest BCUT2D eigenvalue weighted by atomic mass is 10.3. The third kappa shape index (κ3) is 3.80. The first kappa shape index (κ1) is 12.0. The van der Waals surface area contributed by atoms with E-state index in [9.17, 15) is 9.18 Å². The van der Waals surface area contributed by atoms with Gasteiger partial charge in [-0.15, -0.1) is 0 Å². The maximum atomic E-state index is 12.9. The first-order chi connectivity index (χ1) is 8.24. The van der Waals surface area contributed by atoms with E-state index in [0.717, 1.165) is 13.1 Å². The molecule has 17 heavy (non-hydrogen) atoms. The van der Waals surface area contributed by atoms with Gasteiger partial charge in [-0.2, -0.15) is 0 Å². The summed E-state index contributed by atoms with van der Waals surface area (Å²) >= 11 is 0. The fraction of sp³-hybridized carbons (Fsp3) is 0.417. The van der Waals surface area contributed by atoms with Crippen LogP contribution in [-0.4, -0.2) is 38.8 Å². The highest BCUT2D eigenvalue weighted by atomic mass is 19.1. The van der Waals surface area contributed by atoms with Gasteiger partial charge in [-0.3, -0.25) is 4.79 Å². The van der Waals surface area contributed by atoms with Gasteiger partial charge < -0.3 is 15.0 Å². The molecule has 0 unspecified atom stereocenters. The molecule has 1 aromatic carbocycles. The fourth-order valence-electron chi connectivity index (χ4n) is 1.84. The second-order valence-electron chi connectivity index (χ2n) is 4.10. The average molecular weight is 239 g/mol. The maximum absolute atomic E-state index is 12.9. The number of quaternary nitrogens is 1. The first-order valence-corrected chi connectivity index (χ1v) is 5.71. The molecule has 1 saturated heterocycles. The number of halogens is 1. The van der Waals surface area contributed by atoms with E-state index in [0.29, 0.717) is 25.4 Å². The highest BCUT2D eigenvalue weighted by Crippen LogP contribution is 2.08. The van der Waals surface area contributed by atoms with Crippen LogP contribution in [0, 0.1) is 5.82 Å². The van der Waals surface area contributed by atoms with E-state index < -0.39 is 0 Å². The Labute approximate surface area is 99.4 Å². The summed E-state index contributed by atoms with van der Waals surface area (Å²) in [6.45, 7) is 3.48. The summed E-state index contributed by atoms with van der Waals surface area (Å²) in [5, 5.41) is 2.69. The molecule has 0 spiro atoms. The van der Waals surface area contributed by atoms with E-state index in [4.69, 9.17) is 4.74 Å². The Morgan fingerprint density at radius 2 is 2.18 bits per heavy atom. The van der Waals surface area contributed by atoms with Gasteiger partial charge in [-0.25, -0.2) is 4.39 Å². The Hall–Kier alpha value is -1.46. The number of hydrogen-bond acceptors (Lipinski definition) is 2. The molecule has 0 radical (unpaired) electrons. The molecule has 0 aromatic heterocycles. The molecule has 2 N–H and O–H groups in total. The molecule has 1 aromatic rings. The summed E-state index contributed by atoms with van der Waals surface area (Å²) in [4.78, 5) is 12.9. The van der Waals surface area contributed by atoms with Gasteiger partial charge in [0.25, 0.3) is 5.91 Å². The molecule has 1 fully saturated rings. The van der Waals surface area contributed by atoms with Crippen LogP contribution >= 0.6 is 0 Å². The van der Waals surface area contributed by atoms with E-state index in [1.807, 2.05) is 0 Å². The van der Waals surface area contributed by atoms with Crippen LogP contribution in [0.25, 0.3) is 0 Å². The van der Waals surface area contributed by atoms with Crippen molar-refractivity contribution in [2.75, 3.05) is 38.2 Å². The van der Waals surface area contributed by atoms with Crippen LogP contribution < -0.4 is 10.2 Å². The van der Waals surface area contributed by atoms with Crippen molar-refractivity contribution in [2.24, 2.45) is 0 Å². The average Bonchev–Trinajstić information content (AvgIpc) is 2.30. The van der Waals surface area contributed by atoms with Crippen LogP contribution in [0.2, 0.25) is 0 Å². The highest BCUT2D eigenvalue weighted by molar-refractivity contribution is 5.91. The molecule has 1 aliphatic rings. The van der Waals surface area contributed by atoms with E-state index in [2.05, 4.69) is 5.32 Å². The summed E-state index contributed by atoms with van der Waals surface area (Å²) in [6, 6.07) is 5.91. The predicted octanol–water partition coefficient (Wildman–Crippen LogP) is -0.321. The van der Waals surface area contributed by atoms with Crippen molar-refractivity contribution in [1.29, 1.82) is 0 Å². The Kier molecular flexibility index (Phi) is 4.06. The molecule has 2 rings (SSSR count). The molecule has 0 saturated carbocycles. The Bertz CT molecular complexity index is 392. The van der Waals surface area contributed by atoms with E-state index in [1.54, 1.807) is 12.1 Å². The monoisotopic (exact) mass is 239 g/mol. The lowest BCUT2D eigenvalue weighted by Crippen LogP contribution is -3.15. The quantitative estimate of drug-likeness (QED) is 0.759. The largest absolute Gasteiger partial charge is 0.370 e. The lowest BCUT2D eigenvalue weighted by Gasteiger charge is -2.23. The smallest absolute Gasteiger partial charge is 0.279 e. The van der Waals surface area contributed by atoms with Gasteiger partial charge in [0.2, 0.25) is 0 Å². The van der Waals surface area contributed by atoms with Crippen LogP contribution in [0.4, 0.5) is 10.1 Å². The number of anilines is 1. The Morgan fingerprint density at radius 3 is 2.88 bits per heavy atom. The van der Waals surface area contributed by atoms with Crippen LogP contribution in [0.3, 0.4) is 0 Å². The zero-order valence-corrected chi connectivity index (χ0v) is 9.54. The van der Waals surface area contributed by atoms with Crippen LogP contribution in [0.5, 0.6) is 0 Å². The summed E-state index contributed by atoms with van der Waals surface area (Å²) in [5.41, 5.74) is 0.502. The Balaban J connectivity index is 1.84. The molecule has 1 heterocycles. The first-order valence-electron chi connectivity index (χ1n) is 5.71. The topological polar surface area (TPSA) is 42.8 Å². The number of amides is 1. The second-order valence-corrected chi connectivity index (χ2v) is 4.10. The minimum absolute atomic E-state index is 0.0903. The maximum Gasteiger partial charge on any atom is 0.279 e. The summed E-state index contributed by atoms with van der Waals surface area (Å²) in [6.07, 6.45) is 0. The number of hydrogen-bond donors (Lipinski definition) is 2. The molecule has 1 aliphatic heterocycles. The van der Waals surface area contributed by atoms with Gasteiger partial charge in [-0.05, 0) is 18.2 Å². The summed E-state index contributed by atoms with van der Waals surface area (Å²) in [5.74, 6) is -0.436. The molecule has 4 nitrogen and oxygen atoms in total. The third-order valence-electron chi connectivity index (χ3n) is 2.72. The number of nitrogens with one attached hydrogen (secondary N) is 2. The van der Waals surface area contributed by atoms with Crippen molar-refractivity contribution in [3.8, 4) is 0 Å². The SMILES string of the molecule is O=C(C[NH+]1CCOCC1)Nc1cccc(F)c1. The number of ether oxygens (including phenoxy) is 1. The number of carbonyl (C=O) groups is 1. The van der Waals surface area contributed by atoms with Gasteiger partial charge in [-0.1, -0.05) is 6.07 Å². The zero-order valence-electron chi connectivity index (χ0n) is 9.54. The van der Waals surface area contributed by atoms with Crippen molar-refractivity contribution < 1.29 is 18.8 Å². The normalized spacial score (nSPS) is 16.8. The van der Waals surface area contributed by atoms with E-state index in [1.165, 1.54) is 17.0 Å². The van der Waals surface area contributed by atoms with Crippen molar-refractivity contribution >= 4 is 11.6 Å². The molecule has 5 heteroatoms. The molecular weight excluding hydrogens is 223 g/mol. The van der Waals surface area contributed by atoms with Crippen LogP contribution in [0.15, 0.2) is 24.3 Å². The minimum atomic E-state index is -0.346. The fourth-order valence-corrected chi connectivity index (χ4v) is 1.84. The number of benzene rings is 1. The van der Waals surface area contributed by atoms with Gasteiger partial charge in [0.05, 0.1) is 13.2 Å².